The van der Waals surface area contributed by atoms with Gasteiger partial charge in [0.15, 0.2) is 0 Å². The molecule has 0 saturated carbocycles. The molecular formula is C14H13BrFN3O. The topological polar surface area (TPSA) is 49.2 Å². The van der Waals surface area contributed by atoms with Crippen LogP contribution in [0.25, 0.3) is 0 Å². The van der Waals surface area contributed by atoms with Crippen LogP contribution in [-0.2, 0) is 0 Å². The number of hydrogen-bond donors (Lipinski definition) is 1. The Morgan fingerprint density at radius 3 is 3.00 bits per heavy atom. The average molecular weight is 338 g/mol. The van der Waals surface area contributed by atoms with Crippen LogP contribution in [0.15, 0.2) is 41.3 Å². The second kappa shape index (κ2) is 5.46. The van der Waals surface area contributed by atoms with Crippen molar-refractivity contribution in [3.05, 3.63) is 52.6 Å². The standard InChI is InChI=1S/C14H13BrFN3O/c15-12-6-17-8-18-14(12)19-7-11(20)5-13(19)9-2-1-3-10(16)4-9/h1-4,6,8,11,13,20H,5,7H2/t11-,13+/m1/s1. The van der Waals surface area contributed by atoms with Crippen LogP contribution in [0.5, 0.6) is 0 Å². The molecule has 20 heavy (non-hydrogen) atoms. The monoisotopic (exact) mass is 337 g/mol. The van der Waals surface area contributed by atoms with Gasteiger partial charge in [-0.2, -0.15) is 0 Å². The van der Waals surface area contributed by atoms with Gasteiger partial charge in [0.2, 0.25) is 0 Å². The Labute approximate surface area is 124 Å². The molecule has 104 valence electrons. The van der Waals surface area contributed by atoms with Crippen LogP contribution in [-0.4, -0.2) is 27.7 Å². The molecule has 1 aliphatic heterocycles. The molecule has 6 heteroatoms. The van der Waals surface area contributed by atoms with Crippen molar-refractivity contribution in [2.45, 2.75) is 18.6 Å². The third-order valence-electron chi connectivity index (χ3n) is 3.43. The number of hydrogen-bond acceptors (Lipinski definition) is 4. The number of benzene rings is 1. The van der Waals surface area contributed by atoms with Crippen molar-refractivity contribution in [3.63, 3.8) is 0 Å². The fourth-order valence-electron chi connectivity index (χ4n) is 2.60. The lowest BCUT2D eigenvalue weighted by Gasteiger charge is -2.26. The van der Waals surface area contributed by atoms with Gasteiger partial charge < -0.3 is 10.0 Å². The fourth-order valence-corrected chi connectivity index (χ4v) is 3.04. The molecule has 0 radical (unpaired) electrons. The van der Waals surface area contributed by atoms with Crippen molar-refractivity contribution < 1.29 is 9.50 Å². The molecule has 0 bridgehead atoms. The van der Waals surface area contributed by atoms with E-state index < -0.39 is 6.10 Å². The molecule has 0 amide bonds. The molecule has 0 spiro atoms. The van der Waals surface area contributed by atoms with Gasteiger partial charge in [-0.25, -0.2) is 14.4 Å². The first-order valence-corrected chi connectivity index (χ1v) is 7.10. The minimum Gasteiger partial charge on any atom is -0.391 e. The summed E-state index contributed by atoms with van der Waals surface area (Å²) in [6.07, 6.45) is 3.23. The number of anilines is 1. The predicted octanol–water partition coefficient (Wildman–Crippen LogP) is 2.69. The number of nitrogens with zero attached hydrogens (tertiary/aromatic N) is 3. The van der Waals surface area contributed by atoms with Crippen LogP contribution in [0.1, 0.15) is 18.0 Å². The van der Waals surface area contributed by atoms with Crippen LogP contribution in [0.3, 0.4) is 0 Å². The molecule has 2 aromatic rings. The molecule has 2 atom stereocenters. The van der Waals surface area contributed by atoms with Crippen molar-refractivity contribution >= 4 is 21.7 Å². The van der Waals surface area contributed by atoms with Gasteiger partial charge in [-0.05, 0) is 40.0 Å². The molecule has 2 heterocycles. The number of halogens is 2. The summed E-state index contributed by atoms with van der Waals surface area (Å²) in [5.74, 6) is 0.441. The Bertz CT molecular complexity index is 625. The van der Waals surface area contributed by atoms with E-state index in [2.05, 4.69) is 25.9 Å². The summed E-state index contributed by atoms with van der Waals surface area (Å²) in [7, 11) is 0. The number of aromatic nitrogens is 2. The highest BCUT2D eigenvalue weighted by atomic mass is 79.9. The Kier molecular flexibility index (Phi) is 3.67. The van der Waals surface area contributed by atoms with Crippen molar-refractivity contribution in [1.29, 1.82) is 0 Å². The smallest absolute Gasteiger partial charge is 0.146 e. The Morgan fingerprint density at radius 2 is 2.25 bits per heavy atom. The Morgan fingerprint density at radius 1 is 1.40 bits per heavy atom. The van der Waals surface area contributed by atoms with Crippen LogP contribution < -0.4 is 4.90 Å². The van der Waals surface area contributed by atoms with E-state index in [-0.39, 0.29) is 11.9 Å². The fraction of sp³-hybridized carbons (Fsp3) is 0.286. The molecular weight excluding hydrogens is 325 g/mol. The second-order valence-electron chi connectivity index (χ2n) is 4.81. The van der Waals surface area contributed by atoms with Crippen LogP contribution in [0.2, 0.25) is 0 Å². The van der Waals surface area contributed by atoms with Gasteiger partial charge in [0.05, 0.1) is 16.6 Å². The van der Waals surface area contributed by atoms with Gasteiger partial charge in [-0.15, -0.1) is 0 Å². The summed E-state index contributed by atoms with van der Waals surface area (Å²) in [5.41, 5.74) is 0.840. The van der Waals surface area contributed by atoms with Gasteiger partial charge in [0, 0.05) is 12.7 Å². The first-order valence-electron chi connectivity index (χ1n) is 6.31. The van der Waals surface area contributed by atoms with E-state index >= 15 is 0 Å². The summed E-state index contributed by atoms with van der Waals surface area (Å²) in [6.45, 7) is 0.469. The molecule has 1 aromatic carbocycles. The molecule has 1 aliphatic rings. The van der Waals surface area contributed by atoms with Crippen LogP contribution >= 0.6 is 15.9 Å². The number of aliphatic hydroxyl groups is 1. The van der Waals surface area contributed by atoms with Gasteiger partial charge >= 0.3 is 0 Å². The van der Waals surface area contributed by atoms with Crippen molar-refractivity contribution in [2.24, 2.45) is 0 Å². The van der Waals surface area contributed by atoms with Gasteiger partial charge in [0.1, 0.15) is 18.0 Å². The maximum atomic E-state index is 13.4. The van der Waals surface area contributed by atoms with Crippen molar-refractivity contribution in [1.82, 2.24) is 9.97 Å². The molecule has 4 nitrogen and oxygen atoms in total. The first-order chi connectivity index (χ1) is 9.65. The second-order valence-corrected chi connectivity index (χ2v) is 5.66. The van der Waals surface area contributed by atoms with Gasteiger partial charge in [0.25, 0.3) is 0 Å². The zero-order valence-corrected chi connectivity index (χ0v) is 12.2. The van der Waals surface area contributed by atoms with E-state index in [9.17, 15) is 9.50 Å². The van der Waals surface area contributed by atoms with Crippen LogP contribution in [0, 0.1) is 5.82 Å². The third kappa shape index (κ3) is 2.53. The van der Waals surface area contributed by atoms with Gasteiger partial charge in [-0.3, -0.25) is 0 Å². The highest BCUT2D eigenvalue weighted by Gasteiger charge is 2.34. The molecule has 0 unspecified atom stereocenters. The first kappa shape index (κ1) is 13.5. The minimum absolute atomic E-state index is 0.0908. The molecule has 1 fully saturated rings. The molecule has 1 aromatic heterocycles. The number of aliphatic hydroxyl groups excluding tert-OH is 1. The van der Waals surface area contributed by atoms with E-state index in [1.807, 2.05) is 11.0 Å². The zero-order valence-electron chi connectivity index (χ0n) is 10.6. The molecule has 1 N–H and O–H groups in total. The third-order valence-corrected chi connectivity index (χ3v) is 3.99. The minimum atomic E-state index is -0.454. The highest BCUT2D eigenvalue weighted by molar-refractivity contribution is 9.10. The van der Waals surface area contributed by atoms with E-state index in [0.717, 1.165) is 10.0 Å². The van der Waals surface area contributed by atoms with E-state index in [1.54, 1.807) is 12.3 Å². The summed E-state index contributed by atoms with van der Waals surface area (Å²) in [4.78, 5) is 10.2. The largest absolute Gasteiger partial charge is 0.391 e. The van der Waals surface area contributed by atoms with Crippen LogP contribution in [0.4, 0.5) is 10.2 Å². The maximum Gasteiger partial charge on any atom is 0.146 e. The number of rotatable bonds is 2. The molecule has 0 aliphatic carbocycles. The predicted molar refractivity (Wildman–Crippen MR) is 76.8 cm³/mol. The maximum absolute atomic E-state index is 13.4. The normalized spacial score (nSPS) is 22.2. The summed E-state index contributed by atoms with van der Waals surface area (Å²) in [5, 5.41) is 9.96. The zero-order chi connectivity index (χ0) is 14.1. The molecule has 1 saturated heterocycles. The Hall–Kier alpha value is -1.53. The lowest BCUT2D eigenvalue weighted by molar-refractivity contribution is 0.194. The number of β-amino-alcohol motifs (C(OH)–C–C–N with tert-alkyl or cyclic N) is 1. The summed E-state index contributed by atoms with van der Waals surface area (Å²) in [6, 6.07) is 6.38. The Balaban J connectivity index is 1.99. The van der Waals surface area contributed by atoms with Gasteiger partial charge in [-0.1, -0.05) is 12.1 Å². The van der Waals surface area contributed by atoms with E-state index in [4.69, 9.17) is 0 Å². The lowest BCUT2D eigenvalue weighted by Crippen LogP contribution is -2.25. The van der Waals surface area contributed by atoms with E-state index in [0.29, 0.717) is 18.8 Å². The highest BCUT2D eigenvalue weighted by Crippen LogP contribution is 2.38. The lowest BCUT2D eigenvalue weighted by atomic mass is 10.0. The average Bonchev–Trinajstić information content (AvgIpc) is 2.81. The quantitative estimate of drug-likeness (QED) is 0.915. The van der Waals surface area contributed by atoms with Crippen molar-refractivity contribution in [3.8, 4) is 0 Å². The SMILES string of the molecule is O[C@@H]1C[C@@H](c2cccc(F)c2)N(c2ncncc2Br)C1. The van der Waals surface area contributed by atoms with Crippen molar-refractivity contribution in [2.75, 3.05) is 11.4 Å². The summed E-state index contributed by atoms with van der Waals surface area (Å²) < 4.78 is 14.2. The van der Waals surface area contributed by atoms with E-state index in [1.165, 1.54) is 18.5 Å². The summed E-state index contributed by atoms with van der Waals surface area (Å²) >= 11 is 3.42. The molecule has 3 rings (SSSR count).